The molecular formula is C15H21N3. The fraction of sp³-hybridized carbons (Fsp3) is 0.400. The van der Waals surface area contributed by atoms with Gasteiger partial charge < -0.3 is 5.73 Å². The lowest BCUT2D eigenvalue weighted by Gasteiger charge is -2.14. The van der Waals surface area contributed by atoms with Crippen LogP contribution in [0.4, 0.5) is 0 Å². The molecule has 96 valence electrons. The Morgan fingerprint density at radius 2 is 1.94 bits per heavy atom. The number of aryl methyl sites for hydroxylation is 2. The van der Waals surface area contributed by atoms with Crippen LogP contribution in [0.25, 0.3) is 0 Å². The summed E-state index contributed by atoms with van der Waals surface area (Å²) in [6.07, 6.45) is 2.02. The number of rotatable bonds is 5. The van der Waals surface area contributed by atoms with E-state index in [-0.39, 0.29) is 0 Å². The lowest BCUT2D eigenvalue weighted by atomic mass is 9.95. The molecule has 0 spiro atoms. The average Bonchev–Trinajstić information content (AvgIpc) is 2.68. The number of hydrogen-bond donors (Lipinski definition) is 1. The van der Waals surface area contributed by atoms with E-state index < -0.39 is 0 Å². The second-order valence-corrected chi connectivity index (χ2v) is 4.90. The van der Waals surface area contributed by atoms with Gasteiger partial charge in [-0.15, -0.1) is 0 Å². The van der Waals surface area contributed by atoms with Crippen LogP contribution in [0.3, 0.4) is 0 Å². The third-order valence-electron chi connectivity index (χ3n) is 3.30. The lowest BCUT2D eigenvalue weighted by Crippen LogP contribution is -2.20. The van der Waals surface area contributed by atoms with E-state index in [2.05, 4.69) is 35.4 Å². The van der Waals surface area contributed by atoms with E-state index in [1.54, 1.807) is 0 Å². The standard InChI is InChI=1S/C15H21N3/c1-12-8-15(18(2)17-12)10-14(11-16)9-13-6-4-3-5-7-13/h3-8,14H,9-11,16H2,1-2H3. The highest BCUT2D eigenvalue weighted by Gasteiger charge is 2.12. The molecule has 2 rings (SSSR count). The summed E-state index contributed by atoms with van der Waals surface area (Å²) in [6.45, 7) is 2.73. The second-order valence-electron chi connectivity index (χ2n) is 4.90. The predicted octanol–water partition coefficient (Wildman–Crippen LogP) is 2.09. The van der Waals surface area contributed by atoms with Gasteiger partial charge in [-0.2, -0.15) is 5.10 Å². The summed E-state index contributed by atoms with van der Waals surface area (Å²) >= 11 is 0. The maximum absolute atomic E-state index is 5.90. The van der Waals surface area contributed by atoms with Crippen molar-refractivity contribution in [3.8, 4) is 0 Å². The van der Waals surface area contributed by atoms with E-state index >= 15 is 0 Å². The molecule has 0 radical (unpaired) electrons. The molecule has 0 bridgehead atoms. The molecule has 0 saturated heterocycles. The van der Waals surface area contributed by atoms with Crippen molar-refractivity contribution in [3.63, 3.8) is 0 Å². The van der Waals surface area contributed by atoms with E-state index in [1.807, 2.05) is 24.7 Å². The Morgan fingerprint density at radius 3 is 2.50 bits per heavy atom. The highest BCUT2D eigenvalue weighted by Crippen LogP contribution is 2.14. The van der Waals surface area contributed by atoms with Gasteiger partial charge >= 0.3 is 0 Å². The van der Waals surface area contributed by atoms with Gasteiger partial charge in [-0.05, 0) is 43.9 Å². The Bertz CT molecular complexity index is 488. The number of benzene rings is 1. The van der Waals surface area contributed by atoms with Crippen LogP contribution >= 0.6 is 0 Å². The van der Waals surface area contributed by atoms with Crippen molar-refractivity contribution < 1.29 is 0 Å². The molecule has 0 fully saturated rings. The summed E-state index contributed by atoms with van der Waals surface area (Å²) in [7, 11) is 2.00. The third-order valence-corrected chi connectivity index (χ3v) is 3.30. The zero-order valence-corrected chi connectivity index (χ0v) is 11.1. The first kappa shape index (κ1) is 12.8. The molecule has 0 saturated carbocycles. The molecule has 1 heterocycles. The smallest absolute Gasteiger partial charge is 0.0596 e. The van der Waals surface area contributed by atoms with Crippen molar-refractivity contribution in [1.29, 1.82) is 0 Å². The van der Waals surface area contributed by atoms with Gasteiger partial charge in [0.2, 0.25) is 0 Å². The minimum absolute atomic E-state index is 0.474. The fourth-order valence-electron chi connectivity index (χ4n) is 2.34. The maximum Gasteiger partial charge on any atom is 0.0596 e. The Balaban J connectivity index is 2.04. The molecule has 0 aliphatic carbocycles. The van der Waals surface area contributed by atoms with Crippen molar-refractivity contribution >= 4 is 0 Å². The minimum atomic E-state index is 0.474. The summed E-state index contributed by atoms with van der Waals surface area (Å²) in [6, 6.07) is 12.7. The van der Waals surface area contributed by atoms with Crippen LogP contribution in [0.5, 0.6) is 0 Å². The molecule has 1 aromatic carbocycles. The van der Waals surface area contributed by atoms with Gasteiger partial charge in [-0.25, -0.2) is 0 Å². The maximum atomic E-state index is 5.90. The summed E-state index contributed by atoms with van der Waals surface area (Å²) in [5, 5.41) is 4.38. The number of hydrogen-bond acceptors (Lipinski definition) is 2. The molecule has 2 aromatic rings. The lowest BCUT2D eigenvalue weighted by molar-refractivity contribution is 0.511. The SMILES string of the molecule is Cc1cc(CC(CN)Cc2ccccc2)n(C)n1. The number of aromatic nitrogens is 2. The molecule has 3 nitrogen and oxygen atoms in total. The van der Waals surface area contributed by atoms with Gasteiger partial charge in [0.05, 0.1) is 5.69 Å². The topological polar surface area (TPSA) is 43.8 Å². The molecule has 1 unspecified atom stereocenters. The fourth-order valence-corrected chi connectivity index (χ4v) is 2.34. The van der Waals surface area contributed by atoms with Crippen LogP contribution in [0, 0.1) is 12.8 Å². The normalized spacial score (nSPS) is 12.6. The van der Waals surface area contributed by atoms with Crippen molar-refractivity contribution in [2.24, 2.45) is 18.7 Å². The number of nitrogens with two attached hydrogens (primary N) is 1. The van der Waals surface area contributed by atoms with E-state index in [4.69, 9.17) is 5.73 Å². The van der Waals surface area contributed by atoms with Crippen molar-refractivity contribution in [2.45, 2.75) is 19.8 Å². The third kappa shape index (κ3) is 3.20. The first-order valence-electron chi connectivity index (χ1n) is 6.42. The van der Waals surface area contributed by atoms with E-state index in [0.29, 0.717) is 12.5 Å². The molecule has 0 amide bonds. The highest BCUT2D eigenvalue weighted by atomic mass is 15.3. The summed E-state index contributed by atoms with van der Waals surface area (Å²) in [4.78, 5) is 0. The monoisotopic (exact) mass is 243 g/mol. The van der Waals surface area contributed by atoms with Gasteiger partial charge in [-0.1, -0.05) is 30.3 Å². The molecule has 18 heavy (non-hydrogen) atoms. The molecule has 1 atom stereocenters. The Kier molecular flexibility index (Phi) is 4.15. The minimum Gasteiger partial charge on any atom is -0.330 e. The van der Waals surface area contributed by atoms with Crippen LogP contribution < -0.4 is 5.73 Å². The number of nitrogens with zero attached hydrogens (tertiary/aromatic N) is 2. The van der Waals surface area contributed by atoms with E-state index in [1.165, 1.54) is 11.3 Å². The van der Waals surface area contributed by atoms with Gasteiger partial charge in [0, 0.05) is 12.7 Å². The highest BCUT2D eigenvalue weighted by molar-refractivity contribution is 5.16. The summed E-state index contributed by atoms with van der Waals surface area (Å²) in [5.74, 6) is 0.474. The molecule has 0 aliphatic heterocycles. The summed E-state index contributed by atoms with van der Waals surface area (Å²) in [5.41, 5.74) is 9.58. The Morgan fingerprint density at radius 1 is 1.22 bits per heavy atom. The molecule has 3 heteroatoms. The van der Waals surface area contributed by atoms with Crippen molar-refractivity contribution in [2.75, 3.05) is 6.54 Å². The quantitative estimate of drug-likeness (QED) is 0.874. The van der Waals surface area contributed by atoms with Crippen LogP contribution in [-0.2, 0) is 19.9 Å². The van der Waals surface area contributed by atoms with Crippen molar-refractivity contribution in [3.05, 3.63) is 53.3 Å². The summed E-state index contributed by atoms with van der Waals surface area (Å²) < 4.78 is 1.96. The van der Waals surface area contributed by atoms with Crippen LogP contribution in [0.15, 0.2) is 36.4 Å². The molecule has 2 N–H and O–H groups in total. The molecular weight excluding hydrogens is 222 g/mol. The van der Waals surface area contributed by atoms with E-state index in [9.17, 15) is 0 Å². The first-order valence-corrected chi connectivity index (χ1v) is 6.42. The van der Waals surface area contributed by atoms with Crippen LogP contribution in [0.1, 0.15) is 17.0 Å². The Hall–Kier alpha value is -1.61. The molecule has 0 aliphatic rings. The van der Waals surface area contributed by atoms with Gasteiger partial charge in [-0.3, -0.25) is 4.68 Å². The first-order chi connectivity index (χ1) is 8.69. The molecule has 1 aromatic heterocycles. The van der Waals surface area contributed by atoms with Crippen LogP contribution in [0.2, 0.25) is 0 Å². The second kappa shape index (κ2) is 5.83. The largest absolute Gasteiger partial charge is 0.330 e. The Labute approximate surface area is 109 Å². The van der Waals surface area contributed by atoms with Gasteiger partial charge in [0.25, 0.3) is 0 Å². The van der Waals surface area contributed by atoms with Gasteiger partial charge in [0.1, 0.15) is 0 Å². The average molecular weight is 243 g/mol. The van der Waals surface area contributed by atoms with Crippen LogP contribution in [-0.4, -0.2) is 16.3 Å². The zero-order valence-electron chi connectivity index (χ0n) is 11.1. The van der Waals surface area contributed by atoms with Crippen molar-refractivity contribution in [1.82, 2.24) is 9.78 Å². The van der Waals surface area contributed by atoms with E-state index in [0.717, 1.165) is 18.5 Å². The predicted molar refractivity (Wildman–Crippen MR) is 74.3 cm³/mol. The zero-order chi connectivity index (χ0) is 13.0. The van der Waals surface area contributed by atoms with Gasteiger partial charge in [0.15, 0.2) is 0 Å².